The Labute approximate surface area is 118 Å². The van der Waals surface area contributed by atoms with Gasteiger partial charge in [-0.25, -0.2) is 0 Å². The number of benzene rings is 1. The Morgan fingerprint density at radius 1 is 0.737 bits per heavy atom. The Hall–Kier alpha value is -1.63. The number of nitrogens with zero attached hydrogens (tertiary/aromatic N) is 1. The fourth-order valence-corrected chi connectivity index (χ4v) is 1.55. The van der Waals surface area contributed by atoms with Crippen molar-refractivity contribution in [2.45, 2.75) is 48.5 Å². The van der Waals surface area contributed by atoms with Crippen LogP contribution in [0.2, 0.25) is 0 Å². The molecule has 0 fully saturated rings. The molecule has 0 aliphatic rings. The number of hydrogen-bond acceptors (Lipinski definition) is 1. The van der Waals surface area contributed by atoms with Crippen LogP contribution in [0.3, 0.4) is 0 Å². The lowest BCUT2D eigenvalue weighted by atomic mass is 10.0. The van der Waals surface area contributed by atoms with Crippen molar-refractivity contribution < 1.29 is 0 Å². The molecule has 104 valence electrons. The molecule has 1 heterocycles. The molecule has 0 aliphatic heterocycles. The second kappa shape index (κ2) is 9.32. The first-order valence-corrected chi connectivity index (χ1v) is 7.17. The normalized spacial score (nSPS) is 8.79. The van der Waals surface area contributed by atoms with Gasteiger partial charge >= 0.3 is 0 Å². The molecule has 2 aromatic rings. The molecule has 0 amide bonds. The number of pyridine rings is 1. The van der Waals surface area contributed by atoms with E-state index in [1.54, 1.807) is 0 Å². The fraction of sp³-hybridized carbons (Fsp3) is 0.389. The molecule has 0 aliphatic carbocycles. The van der Waals surface area contributed by atoms with E-state index in [0.717, 1.165) is 5.69 Å². The van der Waals surface area contributed by atoms with E-state index in [1.165, 1.54) is 22.3 Å². The van der Waals surface area contributed by atoms with E-state index in [0.29, 0.717) is 0 Å². The Balaban J connectivity index is 0.000000741. The standard InChI is InChI=1S/C14H15N.2C2H6/c1-10-4-6-13(7-5-10)14-8-11(2)12(3)15-9-14;2*1-2/h4-9H,1-3H3;2*1-2H3. The lowest BCUT2D eigenvalue weighted by Crippen LogP contribution is -1.88. The third-order valence-electron chi connectivity index (χ3n) is 2.72. The lowest BCUT2D eigenvalue weighted by molar-refractivity contribution is 1.15. The molecule has 1 nitrogen and oxygen atoms in total. The first-order chi connectivity index (χ1) is 9.16. The highest BCUT2D eigenvalue weighted by molar-refractivity contribution is 5.63. The highest BCUT2D eigenvalue weighted by Gasteiger charge is 2.00. The minimum Gasteiger partial charge on any atom is -0.261 e. The molecule has 0 N–H and O–H groups in total. The van der Waals surface area contributed by atoms with Gasteiger partial charge in [0.2, 0.25) is 0 Å². The maximum absolute atomic E-state index is 4.38. The zero-order chi connectivity index (χ0) is 14.8. The summed E-state index contributed by atoms with van der Waals surface area (Å²) < 4.78 is 0. The molecule has 0 radical (unpaired) electrons. The van der Waals surface area contributed by atoms with Crippen molar-refractivity contribution >= 4 is 0 Å². The highest BCUT2D eigenvalue weighted by atomic mass is 14.7. The molecule has 0 saturated carbocycles. The van der Waals surface area contributed by atoms with Crippen LogP contribution in [0, 0.1) is 20.8 Å². The second-order valence-electron chi connectivity index (χ2n) is 3.99. The van der Waals surface area contributed by atoms with Crippen molar-refractivity contribution in [2.75, 3.05) is 0 Å². The van der Waals surface area contributed by atoms with Crippen molar-refractivity contribution in [3.63, 3.8) is 0 Å². The van der Waals surface area contributed by atoms with E-state index in [4.69, 9.17) is 0 Å². The molecule has 1 aromatic carbocycles. The van der Waals surface area contributed by atoms with E-state index in [9.17, 15) is 0 Å². The van der Waals surface area contributed by atoms with Gasteiger partial charge in [-0.1, -0.05) is 57.5 Å². The van der Waals surface area contributed by atoms with Gasteiger partial charge in [0.15, 0.2) is 0 Å². The summed E-state index contributed by atoms with van der Waals surface area (Å²) in [6.45, 7) is 14.2. The molecule has 0 atom stereocenters. The van der Waals surface area contributed by atoms with Crippen molar-refractivity contribution in [3.05, 3.63) is 53.3 Å². The number of aryl methyl sites for hydroxylation is 3. The van der Waals surface area contributed by atoms with Crippen LogP contribution in [0.1, 0.15) is 44.5 Å². The monoisotopic (exact) mass is 257 g/mol. The van der Waals surface area contributed by atoms with Crippen molar-refractivity contribution in [1.82, 2.24) is 4.98 Å². The summed E-state index contributed by atoms with van der Waals surface area (Å²) in [5, 5.41) is 0. The van der Waals surface area contributed by atoms with E-state index in [-0.39, 0.29) is 0 Å². The lowest BCUT2D eigenvalue weighted by Gasteiger charge is -2.04. The number of rotatable bonds is 1. The molecule has 1 heteroatoms. The predicted octanol–water partition coefficient (Wildman–Crippen LogP) is 5.73. The molecule has 19 heavy (non-hydrogen) atoms. The predicted molar refractivity (Wildman–Crippen MR) is 86.6 cm³/mol. The SMILES string of the molecule is CC.CC.Cc1ccc(-c2cnc(C)c(C)c2)cc1. The maximum Gasteiger partial charge on any atom is 0.0402 e. The Morgan fingerprint density at radius 3 is 1.74 bits per heavy atom. The van der Waals surface area contributed by atoms with E-state index in [1.807, 2.05) is 40.8 Å². The summed E-state index contributed by atoms with van der Waals surface area (Å²) >= 11 is 0. The smallest absolute Gasteiger partial charge is 0.0402 e. The van der Waals surface area contributed by atoms with Crippen LogP contribution in [0.15, 0.2) is 36.5 Å². The van der Waals surface area contributed by atoms with Crippen LogP contribution in [-0.2, 0) is 0 Å². The largest absolute Gasteiger partial charge is 0.261 e. The zero-order valence-corrected chi connectivity index (χ0v) is 13.4. The van der Waals surface area contributed by atoms with Crippen LogP contribution >= 0.6 is 0 Å². The van der Waals surface area contributed by atoms with Gasteiger partial charge in [0.1, 0.15) is 0 Å². The second-order valence-corrected chi connectivity index (χ2v) is 3.99. The van der Waals surface area contributed by atoms with Gasteiger partial charge in [-0.15, -0.1) is 0 Å². The summed E-state index contributed by atoms with van der Waals surface area (Å²) in [6, 6.07) is 10.7. The van der Waals surface area contributed by atoms with Gasteiger partial charge in [-0.3, -0.25) is 4.98 Å². The van der Waals surface area contributed by atoms with Crippen LogP contribution in [0.5, 0.6) is 0 Å². The Kier molecular flexibility index (Phi) is 8.52. The molecule has 1 aromatic heterocycles. The molecule has 0 unspecified atom stereocenters. The van der Waals surface area contributed by atoms with Crippen molar-refractivity contribution in [3.8, 4) is 11.1 Å². The van der Waals surface area contributed by atoms with E-state index in [2.05, 4.69) is 49.2 Å². The van der Waals surface area contributed by atoms with Crippen molar-refractivity contribution in [1.29, 1.82) is 0 Å². The third-order valence-corrected chi connectivity index (χ3v) is 2.72. The van der Waals surface area contributed by atoms with E-state index < -0.39 is 0 Å². The quantitative estimate of drug-likeness (QED) is 0.636. The topological polar surface area (TPSA) is 12.9 Å². The molecular weight excluding hydrogens is 230 g/mol. The molecule has 2 rings (SSSR count). The van der Waals surface area contributed by atoms with Gasteiger partial charge in [0.25, 0.3) is 0 Å². The van der Waals surface area contributed by atoms with Crippen molar-refractivity contribution in [2.24, 2.45) is 0 Å². The summed E-state index contributed by atoms with van der Waals surface area (Å²) in [5.41, 5.74) is 6.06. The first-order valence-electron chi connectivity index (χ1n) is 7.17. The Morgan fingerprint density at radius 2 is 1.26 bits per heavy atom. The zero-order valence-electron chi connectivity index (χ0n) is 13.4. The molecular formula is C18H27N. The fourth-order valence-electron chi connectivity index (χ4n) is 1.55. The maximum atomic E-state index is 4.38. The third kappa shape index (κ3) is 5.25. The summed E-state index contributed by atoms with van der Waals surface area (Å²) in [7, 11) is 0. The summed E-state index contributed by atoms with van der Waals surface area (Å²) in [4.78, 5) is 4.38. The van der Waals surface area contributed by atoms with Gasteiger partial charge in [0, 0.05) is 17.5 Å². The van der Waals surface area contributed by atoms with Gasteiger partial charge < -0.3 is 0 Å². The van der Waals surface area contributed by atoms with Crippen LogP contribution in [-0.4, -0.2) is 4.98 Å². The molecule has 0 bridgehead atoms. The Bertz CT molecular complexity index is 470. The highest BCUT2D eigenvalue weighted by Crippen LogP contribution is 2.20. The number of aromatic nitrogens is 1. The van der Waals surface area contributed by atoms with Crippen LogP contribution in [0.4, 0.5) is 0 Å². The minimum atomic E-state index is 1.10. The summed E-state index contributed by atoms with van der Waals surface area (Å²) in [6.07, 6.45) is 1.94. The molecule has 0 saturated heterocycles. The molecule has 0 spiro atoms. The van der Waals surface area contributed by atoms with Gasteiger partial charge in [-0.2, -0.15) is 0 Å². The summed E-state index contributed by atoms with van der Waals surface area (Å²) in [5.74, 6) is 0. The average molecular weight is 257 g/mol. The minimum absolute atomic E-state index is 1.10. The van der Waals surface area contributed by atoms with Gasteiger partial charge in [0.05, 0.1) is 0 Å². The van der Waals surface area contributed by atoms with Gasteiger partial charge in [-0.05, 0) is 38.0 Å². The number of hydrogen-bond donors (Lipinski definition) is 0. The first kappa shape index (κ1) is 17.4. The van der Waals surface area contributed by atoms with Crippen LogP contribution < -0.4 is 0 Å². The van der Waals surface area contributed by atoms with E-state index >= 15 is 0 Å². The average Bonchev–Trinajstić information content (AvgIpc) is 2.47. The van der Waals surface area contributed by atoms with Crippen LogP contribution in [0.25, 0.3) is 11.1 Å².